The normalized spacial score (nSPS) is 16.1. The average Bonchev–Trinajstić information content (AvgIpc) is 2.57. The van der Waals surface area contributed by atoms with E-state index < -0.39 is 0 Å². The van der Waals surface area contributed by atoms with Gasteiger partial charge in [0.25, 0.3) is 0 Å². The Morgan fingerprint density at radius 3 is 2.76 bits per heavy atom. The first-order valence-corrected chi connectivity index (χ1v) is 8.64. The van der Waals surface area contributed by atoms with Crippen LogP contribution in [0.2, 0.25) is 0 Å². The van der Waals surface area contributed by atoms with E-state index in [1.807, 2.05) is 43.3 Å². The molecule has 0 aromatic heterocycles. The van der Waals surface area contributed by atoms with Crippen LogP contribution >= 0.6 is 0 Å². The Kier molecular flexibility index (Phi) is 4.83. The van der Waals surface area contributed by atoms with Crippen LogP contribution in [-0.4, -0.2) is 25.1 Å². The van der Waals surface area contributed by atoms with E-state index in [9.17, 15) is 4.79 Å². The first-order chi connectivity index (χ1) is 12.0. The quantitative estimate of drug-likeness (QED) is 0.837. The van der Waals surface area contributed by atoms with E-state index in [1.54, 1.807) is 0 Å². The third-order valence-corrected chi connectivity index (χ3v) is 4.62. The second-order valence-corrected chi connectivity index (χ2v) is 6.60. The van der Waals surface area contributed by atoms with Gasteiger partial charge in [-0.1, -0.05) is 13.0 Å². The summed E-state index contributed by atoms with van der Waals surface area (Å²) in [7, 11) is 0. The fourth-order valence-corrected chi connectivity index (χ4v) is 3.00. The molecule has 1 aliphatic heterocycles. The smallest absolute Gasteiger partial charge is 0.243 e. The van der Waals surface area contributed by atoms with Gasteiger partial charge in [-0.05, 0) is 55.7 Å². The maximum Gasteiger partial charge on any atom is 0.243 e. The van der Waals surface area contributed by atoms with Gasteiger partial charge in [0, 0.05) is 17.4 Å². The fraction of sp³-hybridized carbons (Fsp3) is 0.350. The van der Waals surface area contributed by atoms with E-state index >= 15 is 0 Å². The number of benzene rings is 2. The number of carbonyl (C=O) groups excluding carboxylic acids is 1. The molecule has 5 heteroatoms. The number of amides is 1. The van der Waals surface area contributed by atoms with Crippen molar-refractivity contribution < 1.29 is 9.53 Å². The Balaban J connectivity index is 1.75. The summed E-state index contributed by atoms with van der Waals surface area (Å²) in [4.78, 5) is 14.6. The molecule has 2 aromatic carbocycles. The van der Waals surface area contributed by atoms with Crippen LogP contribution in [0.15, 0.2) is 36.4 Å². The summed E-state index contributed by atoms with van der Waals surface area (Å²) in [6.45, 7) is 7.15. The number of hydrogen-bond donors (Lipinski definition) is 2. The van der Waals surface area contributed by atoms with Crippen molar-refractivity contribution in [1.82, 2.24) is 0 Å². The van der Waals surface area contributed by atoms with Gasteiger partial charge >= 0.3 is 0 Å². The number of carbonyl (C=O) groups is 1. The highest BCUT2D eigenvalue weighted by Gasteiger charge is 2.26. The van der Waals surface area contributed by atoms with E-state index in [4.69, 9.17) is 10.5 Å². The molecule has 132 valence electrons. The number of nitrogens with zero attached hydrogens (tertiary/aromatic N) is 1. The van der Waals surface area contributed by atoms with Crippen molar-refractivity contribution >= 4 is 23.0 Å². The lowest BCUT2D eigenvalue weighted by molar-refractivity contribution is -0.115. The van der Waals surface area contributed by atoms with Gasteiger partial charge in [-0.15, -0.1) is 0 Å². The zero-order valence-electron chi connectivity index (χ0n) is 15.0. The Hall–Kier alpha value is -2.69. The highest BCUT2D eigenvalue weighted by molar-refractivity contribution is 5.94. The van der Waals surface area contributed by atoms with Crippen molar-refractivity contribution in [3.8, 4) is 5.75 Å². The Morgan fingerprint density at radius 2 is 2.04 bits per heavy atom. The predicted octanol–water partition coefficient (Wildman–Crippen LogP) is 3.50. The van der Waals surface area contributed by atoms with E-state index in [-0.39, 0.29) is 18.6 Å². The molecule has 1 unspecified atom stereocenters. The molecule has 0 aliphatic carbocycles. The number of hydrogen-bond acceptors (Lipinski definition) is 4. The molecule has 1 aliphatic rings. The van der Waals surface area contributed by atoms with Crippen LogP contribution < -0.4 is 20.7 Å². The molecule has 1 atom stereocenters. The van der Waals surface area contributed by atoms with Gasteiger partial charge in [-0.25, -0.2) is 0 Å². The van der Waals surface area contributed by atoms with Gasteiger partial charge in [0.15, 0.2) is 0 Å². The van der Waals surface area contributed by atoms with Crippen LogP contribution in [-0.2, 0) is 4.79 Å². The highest BCUT2D eigenvalue weighted by atomic mass is 16.5. The summed E-state index contributed by atoms with van der Waals surface area (Å²) in [6.07, 6.45) is 0.937. The summed E-state index contributed by atoms with van der Waals surface area (Å²) in [5, 5.41) is 2.99. The van der Waals surface area contributed by atoms with Crippen molar-refractivity contribution in [2.75, 3.05) is 29.0 Å². The van der Waals surface area contributed by atoms with Crippen molar-refractivity contribution in [2.45, 2.75) is 33.3 Å². The van der Waals surface area contributed by atoms with Gasteiger partial charge in [-0.2, -0.15) is 0 Å². The molecule has 1 amide bonds. The van der Waals surface area contributed by atoms with Crippen molar-refractivity contribution in [3.63, 3.8) is 0 Å². The van der Waals surface area contributed by atoms with Gasteiger partial charge < -0.3 is 20.7 Å². The van der Waals surface area contributed by atoms with Gasteiger partial charge in [0.2, 0.25) is 5.91 Å². The number of anilines is 3. The molecule has 3 rings (SSSR count). The number of nitrogens with one attached hydrogen (secondary N) is 1. The molecule has 0 radical (unpaired) electrons. The molecule has 25 heavy (non-hydrogen) atoms. The summed E-state index contributed by atoms with van der Waals surface area (Å²) in [6, 6.07) is 11.5. The number of aryl methyl sites for hydroxylation is 2. The average molecular weight is 339 g/mol. The van der Waals surface area contributed by atoms with Gasteiger partial charge in [0.1, 0.15) is 11.9 Å². The molecule has 0 saturated heterocycles. The van der Waals surface area contributed by atoms with Gasteiger partial charge in [0.05, 0.1) is 18.8 Å². The van der Waals surface area contributed by atoms with Crippen LogP contribution in [0.25, 0.3) is 0 Å². The third kappa shape index (κ3) is 3.87. The fourth-order valence-electron chi connectivity index (χ4n) is 3.00. The zero-order valence-corrected chi connectivity index (χ0v) is 15.0. The lowest BCUT2D eigenvalue weighted by atomic mass is 10.1. The Morgan fingerprint density at radius 1 is 1.24 bits per heavy atom. The SMILES string of the molecule is CCC1CN(CC(=O)Nc2ccc(C)c(C)c2)c2ccc(N)cc2O1. The molecular formula is C20H25N3O2. The minimum absolute atomic E-state index is 0.0391. The number of nitrogen functional groups attached to an aromatic ring is 1. The first kappa shape index (κ1) is 17.1. The molecule has 5 nitrogen and oxygen atoms in total. The van der Waals surface area contributed by atoms with Crippen molar-refractivity contribution in [1.29, 1.82) is 0 Å². The molecule has 0 bridgehead atoms. The minimum atomic E-state index is -0.0391. The number of fused-ring (bicyclic) bond motifs is 1. The third-order valence-electron chi connectivity index (χ3n) is 4.62. The van der Waals surface area contributed by atoms with Crippen LogP contribution in [0.1, 0.15) is 24.5 Å². The summed E-state index contributed by atoms with van der Waals surface area (Å²) < 4.78 is 5.97. The van der Waals surface area contributed by atoms with Crippen LogP contribution in [0, 0.1) is 13.8 Å². The molecule has 0 spiro atoms. The van der Waals surface area contributed by atoms with E-state index in [1.165, 1.54) is 5.56 Å². The standard InChI is InChI=1S/C20H25N3O2/c1-4-17-11-23(18-8-6-15(21)10-19(18)25-17)12-20(24)22-16-7-5-13(2)14(3)9-16/h5-10,17H,4,11-12,21H2,1-3H3,(H,22,24). The van der Waals surface area contributed by atoms with Crippen molar-refractivity contribution in [2.24, 2.45) is 0 Å². The van der Waals surface area contributed by atoms with Crippen LogP contribution in [0.3, 0.4) is 0 Å². The number of ether oxygens (including phenoxy) is 1. The lowest BCUT2D eigenvalue weighted by Gasteiger charge is -2.35. The van der Waals surface area contributed by atoms with E-state index in [0.29, 0.717) is 12.2 Å². The van der Waals surface area contributed by atoms with Crippen molar-refractivity contribution in [3.05, 3.63) is 47.5 Å². The second-order valence-electron chi connectivity index (χ2n) is 6.60. The zero-order chi connectivity index (χ0) is 18.0. The topological polar surface area (TPSA) is 67.6 Å². The molecule has 0 saturated carbocycles. The largest absolute Gasteiger partial charge is 0.486 e. The summed E-state index contributed by atoms with van der Waals surface area (Å²) in [5.74, 6) is 0.708. The highest BCUT2D eigenvalue weighted by Crippen LogP contribution is 2.35. The minimum Gasteiger partial charge on any atom is -0.486 e. The Labute approximate surface area is 148 Å². The summed E-state index contributed by atoms with van der Waals surface area (Å²) >= 11 is 0. The summed E-state index contributed by atoms with van der Waals surface area (Å²) in [5.41, 5.74) is 10.6. The van der Waals surface area contributed by atoms with E-state index in [0.717, 1.165) is 29.1 Å². The maximum atomic E-state index is 12.5. The molecule has 0 fully saturated rings. The first-order valence-electron chi connectivity index (χ1n) is 8.64. The predicted molar refractivity (Wildman–Crippen MR) is 102 cm³/mol. The van der Waals surface area contributed by atoms with E-state index in [2.05, 4.69) is 24.1 Å². The maximum absolute atomic E-state index is 12.5. The van der Waals surface area contributed by atoms with Gasteiger partial charge in [-0.3, -0.25) is 4.79 Å². The Bertz CT molecular complexity index is 789. The monoisotopic (exact) mass is 339 g/mol. The molecule has 1 heterocycles. The van der Waals surface area contributed by atoms with Crippen LogP contribution in [0.5, 0.6) is 5.75 Å². The molecule has 3 N–H and O–H groups in total. The lowest BCUT2D eigenvalue weighted by Crippen LogP contribution is -2.43. The number of nitrogens with two attached hydrogens (primary N) is 1. The molecule has 2 aromatic rings. The number of rotatable bonds is 4. The molecular weight excluding hydrogens is 314 g/mol. The second kappa shape index (κ2) is 7.05. The van der Waals surface area contributed by atoms with Crippen LogP contribution in [0.4, 0.5) is 17.1 Å².